The van der Waals surface area contributed by atoms with Gasteiger partial charge in [0.15, 0.2) is 0 Å². The summed E-state index contributed by atoms with van der Waals surface area (Å²) in [5.41, 5.74) is 0. The number of ketones is 1. The highest BCUT2D eigenvalue weighted by Gasteiger charge is 2.15. The molecule has 0 saturated heterocycles. The van der Waals surface area contributed by atoms with Gasteiger partial charge in [0.25, 0.3) is 0 Å². The highest BCUT2D eigenvalue weighted by atomic mass is 16.2. The first-order valence-electron chi connectivity index (χ1n) is 8.64. The molecule has 0 aliphatic rings. The number of amides is 3. The largest absolute Gasteiger partial charge is 0.351 e. The second-order valence-electron chi connectivity index (χ2n) is 5.55. The molecule has 7 nitrogen and oxygen atoms in total. The Balaban J connectivity index is 4.68. The first-order chi connectivity index (χ1) is 12.4. The van der Waals surface area contributed by atoms with Gasteiger partial charge in [-0.3, -0.25) is 19.2 Å². The quantitative estimate of drug-likeness (QED) is 0.468. The van der Waals surface area contributed by atoms with Gasteiger partial charge in [0.2, 0.25) is 17.7 Å². The molecule has 0 heterocycles. The van der Waals surface area contributed by atoms with E-state index in [2.05, 4.69) is 25.1 Å². The molecule has 0 bridgehead atoms. The Morgan fingerprint density at radius 1 is 0.846 bits per heavy atom. The summed E-state index contributed by atoms with van der Waals surface area (Å²) >= 11 is 0. The van der Waals surface area contributed by atoms with Crippen LogP contribution < -0.4 is 5.32 Å². The summed E-state index contributed by atoms with van der Waals surface area (Å²) in [7, 11) is 0. The molecule has 0 fully saturated rings. The molecule has 0 aromatic heterocycles. The minimum Gasteiger partial charge on any atom is -0.351 e. The zero-order valence-corrected chi connectivity index (χ0v) is 15.5. The fourth-order valence-electron chi connectivity index (χ4n) is 2.19. The maximum Gasteiger partial charge on any atom is 0.246 e. The van der Waals surface area contributed by atoms with E-state index >= 15 is 0 Å². The summed E-state index contributed by atoms with van der Waals surface area (Å²) in [6.45, 7) is 13.7. The third-order valence-electron chi connectivity index (χ3n) is 3.76. The average molecular weight is 363 g/mol. The monoisotopic (exact) mass is 363 g/mol. The van der Waals surface area contributed by atoms with Crippen molar-refractivity contribution < 1.29 is 19.2 Å². The van der Waals surface area contributed by atoms with Gasteiger partial charge in [0.1, 0.15) is 5.78 Å². The Kier molecular flexibility index (Phi) is 12.2. The molecule has 3 amide bonds. The van der Waals surface area contributed by atoms with Crippen LogP contribution in [0.4, 0.5) is 0 Å². The molecule has 0 aliphatic carbocycles. The van der Waals surface area contributed by atoms with Crippen LogP contribution >= 0.6 is 0 Å². The number of nitrogens with one attached hydrogen (secondary N) is 1. The van der Waals surface area contributed by atoms with Crippen molar-refractivity contribution in [2.45, 2.75) is 26.2 Å². The van der Waals surface area contributed by atoms with Crippen molar-refractivity contribution >= 4 is 23.5 Å². The molecule has 0 saturated carbocycles. The van der Waals surface area contributed by atoms with E-state index in [1.807, 2.05) is 0 Å². The normalized spacial score (nSPS) is 9.73. The number of nitrogens with zero attached hydrogens (tertiary/aromatic N) is 2. The summed E-state index contributed by atoms with van der Waals surface area (Å²) in [4.78, 5) is 49.6. The molecule has 7 heteroatoms. The van der Waals surface area contributed by atoms with Gasteiger partial charge in [-0.1, -0.05) is 26.7 Å². The lowest BCUT2D eigenvalue weighted by Gasteiger charge is -2.27. The van der Waals surface area contributed by atoms with Gasteiger partial charge < -0.3 is 15.1 Å². The van der Waals surface area contributed by atoms with Gasteiger partial charge in [-0.05, 0) is 24.6 Å². The Labute approximate surface area is 155 Å². The maximum absolute atomic E-state index is 12.0. The van der Waals surface area contributed by atoms with Gasteiger partial charge in [-0.25, -0.2) is 0 Å². The van der Waals surface area contributed by atoms with Crippen molar-refractivity contribution in [2.75, 3.05) is 32.7 Å². The van der Waals surface area contributed by atoms with Crippen LogP contribution in [-0.4, -0.2) is 66.0 Å². The Bertz CT molecular complexity index is 543. The highest BCUT2D eigenvalue weighted by molar-refractivity contribution is 5.88. The predicted octanol–water partition coefficient (Wildman–Crippen LogP) is 1.08. The van der Waals surface area contributed by atoms with Crippen LogP contribution in [0, 0.1) is 0 Å². The summed E-state index contributed by atoms with van der Waals surface area (Å²) < 4.78 is 0. The van der Waals surface area contributed by atoms with E-state index in [0.717, 1.165) is 6.08 Å². The van der Waals surface area contributed by atoms with Crippen molar-refractivity contribution in [3.8, 4) is 0 Å². The minimum atomic E-state index is -0.319. The van der Waals surface area contributed by atoms with Crippen LogP contribution in [0.5, 0.6) is 0 Å². The zero-order valence-electron chi connectivity index (χ0n) is 15.5. The molecular weight excluding hydrogens is 334 g/mol. The SMILES string of the molecule is C=CC(=O)NCCN(CCN(CCCC(=O)CC)C(=O)C=C)C(=O)C=C. The van der Waals surface area contributed by atoms with Crippen LogP contribution in [0.15, 0.2) is 38.0 Å². The Hall–Kier alpha value is -2.70. The maximum atomic E-state index is 12.0. The fourth-order valence-corrected chi connectivity index (χ4v) is 2.19. The number of hydrogen-bond acceptors (Lipinski definition) is 4. The standard InChI is InChI=1S/C19H29N3O4/c1-5-16(23)10-9-12-21(18(25)7-3)14-15-22(19(26)8-4)13-11-20-17(24)6-2/h6-8H,2-5,9-15H2,1H3,(H,20,24). The van der Waals surface area contributed by atoms with Crippen LogP contribution in [0.25, 0.3) is 0 Å². The molecule has 0 aromatic carbocycles. The Morgan fingerprint density at radius 2 is 1.38 bits per heavy atom. The summed E-state index contributed by atoms with van der Waals surface area (Å²) in [6, 6.07) is 0. The zero-order chi connectivity index (χ0) is 19.9. The van der Waals surface area contributed by atoms with Crippen molar-refractivity contribution in [2.24, 2.45) is 0 Å². The summed E-state index contributed by atoms with van der Waals surface area (Å²) in [5.74, 6) is -0.706. The van der Waals surface area contributed by atoms with Crippen molar-refractivity contribution in [3.05, 3.63) is 38.0 Å². The van der Waals surface area contributed by atoms with Gasteiger partial charge in [0.05, 0.1) is 0 Å². The first kappa shape index (κ1) is 23.3. The molecule has 26 heavy (non-hydrogen) atoms. The third-order valence-corrected chi connectivity index (χ3v) is 3.76. The molecule has 144 valence electrons. The van der Waals surface area contributed by atoms with Crippen LogP contribution in [-0.2, 0) is 19.2 Å². The Morgan fingerprint density at radius 3 is 1.85 bits per heavy atom. The average Bonchev–Trinajstić information content (AvgIpc) is 2.66. The lowest BCUT2D eigenvalue weighted by Crippen LogP contribution is -2.43. The van der Waals surface area contributed by atoms with Crippen LogP contribution in [0.1, 0.15) is 26.2 Å². The van der Waals surface area contributed by atoms with Gasteiger partial charge in [-0.15, -0.1) is 0 Å². The third kappa shape index (κ3) is 9.56. The number of carbonyl (C=O) groups is 4. The van der Waals surface area contributed by atoms with E-state index in [1.54, 1.807) is 11.8 Å². The molecule has 0 atom stereocenters. The number of hydrogen-bond donors (Lipinski definition) is 1. The smallest absolute Gasteiger partial charge is 0.246 e. The van der Waals surface area contributed by atoms with E-state index in [-0.39, 0.29) is 43.1 Å². The molecule has 0 aliphatic heterocycles. The molecule has 1 N–H and O–H groups in total. The van der Waals surface area contributed by atoms with E-state index < -0.39 is 0 Å². The minimum absolute atomic E-state index is 0.150. The highest BCUT2D eigenvalue weighted by Crippen LogP contribution is 2.02. The van der Waals surface area contributed by atoms with E-state index in [9.17, 15) is 19.2 Å². The van der Waals surface area contributed by atoms with E-state index in [1.165, 1.54) is 17.1 Å². The van der Waals surface area contributed by atoms with Gasteiger partial charge >= 0.3 is 0 Å². The van der Waals surface area contributed by atoms with Gasteiger partial charge in [-0.2, -0.15) is 0 Å². The topological polar surface area (TPSA) is 86.8 Å². The van der Waals surface area contributed by atoms with Crippen molar-refractivity contribution in [1.29, 1.82) is 0 Å². The fraction of sp³-hybridized carbons (Fsp3) is 0.474. The number of Topliss-reactive ketones (excluding diaryl/α,β-unsaturated/α-hetero) is 1. The molecular formula is C19H29N3O4. The lowest BCUT2D eigenvalue weighted by atomic mass is 10.2. The predicted molar refractivity (Wildman–Crippen MR) is 101 cm³/mol. The lowest BCUT2D eigenvalue weighted by molar-refractivity contribution is -0.130. The summed E-state index contributed by atoms with van der Waals surface area (Å²) in [5, 5.41) is 2.60. The van der Waals surface area contributed by atoms with Gasteiger partial charge in [0, 0.05) is 45.6 Å². The van der Waals surface area contributed by atoms with Crippen molar-refractivity contribution in [3.63, 3.8) is 0 Å². The molecule has 0 aromatic rings. The second kappa shape index (κ2) is 13.6. The molecule has 0 rings (SSSR count). The number of carbonyl (C=O) groups excluding carboxylic acids is 4. The summed E-state index contributed by atoms with van der Waals surface area (Å²) in [6.07, 6.45) is 5.02. The van der Waals surface area contributed by atoms with E-state index in [4.69, 9.17) is 0 Å². The van der Waals surface area contributed by atoms with Crippen molar-refractivity contribution in [1.82, 2.24) is 15.1 Å². The first-order valence-corrected chi connectivity index (χ1v) is 8.64. The second-order valence-corrected chi connectivity index (χ2v) is 5.55. The van der Waals surface area contributed by atoms with E-state index in [0.29, 0.717) is 32.4 Å². The van der Waals surface area contributed by atoms with Crippen LogP contribution in [0.3, 0.4) is 0 Å². The van der Waals surface area contributed by atoms with Crippen LogP contribution in [0.2, 0.25) is 0 Å². The molecule has 0 spiro atoms. The molecule has 0 radical (unpaired) electrons. The molecule has 0 unspecified atom stereocenters. The number of rotatable bonds is 14.